The summed E-state index contributed by atoms with van der Waals surface area (Å²) < 4.78 is 0. The van der Waals surface area contributed by atoms with E-state index in [1.54, 1.807) is 5.57 Å². The second-order valence-corrected chi connectivity index (χ2v) is 4.48. The summed E-state index contributed by atoms with van der Waals surface area (Å²) in [5.74, 6) is 2.62. The summed E-state index contributed by atoms with van der Waals surface area (Å²) in [5, 5.41) is 0. The van der Waals surface area contributed by atoms with Gasteiger partial charge in [-0.1, -0.05) is 39.3 Å². The fourth-order valence-corrected chi connectivity index (χ4v) is 1.89. The highest BCUT2D eigenvalue weighted by atomic mass is 14.3. The topological polar surface area (TPSA) is 0 Å². The lowest BCUT2D eigenvalue weighted by atomic mass is 9.78. The average Bonchev–Trinajstić information content (AvgIpc) is 2.08. The third-order valence-electron chi connectivity index (χ3n) is 3.53. The number of hydrogen-bond donors (Lipinski definition) is 0. The minimum Gasteiger partial charge on any atom is -0.0848 e. The van der Waals surface area contributed by atoms with Crippen LogP contribution in [-0.2, 0) is 0 Å². The Hall–Kier alpha value is -0.260. The van der Waals surface area contributed by atoms with Gasteiger partial charge in [0.1, 0.15) is 0 Å². The largest absolute Gasteiger partial charge is 0.0848 e. The van der Waals surface area contributed by atoms with Gasteiger partial charge in [-0.05, 0) is 37.0 Å². The second-order valence-electron chi connectivity index (χ2n) is 4.48. The highest BCUT2D eigenvalue weighted by Crippen LogP contribution is 2.33. The third kappa shape index (κ3) is 2.12. The maximum Gasteiger partial charge on any atom is -0.0234 e. The van der Waals surface area contributed by atoms with E-state index in [1.807, 2.05) is 0 Å². The fraction of sp³-hybridized carbons (Fsp3) is 0.833. The molecular formula is C12H22. The van der Waals surface area contributed by atoms with Crippen LogP contribution in [0, 0.1) is 17.8 Å². The van der Waals surface area contributed by atoms with Gasteiger partial charge in [0.25, 0.3) is 0 Å². The van der Waals surface area contributed by atoms with E-state index in [4.69, 9.17) is 0 Å². The minimum atomic E-state index is 0.819. The van der Waals surface area contributed by atoms with Gasteiger partial charge in [-0.3, -0.25) is 0 Å². The number of rotatable bonds is 2. The van der Waals surface area contributed by atoms with Crippen molar-refractivity contribution in [1.82, 2.24) is 0 Å². The first-order valence-corrected chi connectivity index (χ1v) is 5.34. The standard InChI is InChI=1S/C12H22/c1-5-9(2)12-7-6-10(3)11(4)8-12/h7,9-11H,5-6,8H2,1-4H3. The van der Waals surface area contributed by atoms with Crippen molar-refractivity contribution in [1.29, 1.82) is 0 Å². The molecule has 70 valence electrons. The molecular weight excluding hydrogens is 144 g/mol. The molecule has 0 aliphatic heterocycles. The molecule has 0 saturated heterocycles. The van der Waals surface area contributed by atoms with Crippen LogP contribution in [0.5, 0.6) is 0 Å². The van der Waals surface area contributed by atoms with Gasteiger partial charge in [-0.15, -0.1) is 0 Å². The van der Waals surface area contributed by atoms with Gasteiger partial charge in [0.15, 0.2) is 0 Å². The van der Waals surface area contributed by atoms with Gasteiger partial charge < -0.3 is 0 Å². The Morgan fingerprint density at radius 3 is 2.58 bits per heavy atom. The van der Waals surface area contributed by atoms with E-state index in [2.05, 4.69) is 33.8 Å². The molecule has 1 rings (SSSR count). The van der Waals surface area contributed by atoms with Gasteiger partial charge in [0.05, 0.1) is 0 Å². The molecule has 0 heteroatoms. The first-order chi connectivity index (χ1) is 5.65. The van der Waals surface area contributed by atoms with E-state index >= 15 is 0 Å². The first kappa shape index (κ1) is 9.83. The van der Waals surface area contributed by atoms with E-state index in [1.165, 1.54) is 19.3 Å². The molecule has 0 radical (unpaired) electrons. The van der Waals surface area contributed by atoms with Gasteiger partial charge in [-0.2, -0.15) is 0 Å². The molecule has 0 aromatic heterocycles. The summed E-state index contributed by atoms with van der Waals surface area (Å²) in [6.07, 6.45) is 6.43. The highest BCUT2D eigenvalue weighted by molar-refractivity contribution is 5.10. The molecule has 0 aromatic rings. The van der Waals surface area contributed by atoms with Crippen molar-refractivity contribution in [3.63, 3.8) is 0 Å². The van der Waals surface area contributed by atoms with Crippen LogP contribution >= 0.6 is 0 Å². The van der Waals surface area contributed by atoms with Crippen LogP contribution in [0.2, 0.25) is 0 Å². The maximum atomic E-state index is 2.48. The van der Waals surface area contributed by atoms with E-state index in [0.29, 0.717) is 0 Å². The van der Waals surface area contributed by atoms with E-state index < -0.39 is 0 Å². The van der Waals surface area contributed by atoms with E-state index in [9.17, 15) is 0 Å². The Morgan fingerprint density at radius 2 is 2.08 bits per heavy atom. The zero-order valence-electron chi connectivity index (χ0n) is 8.93. The van der Waals surface area contributed by atoms with Crippen LogP contribution in [0.25, 0.3) is 0 Å². The summed E-state index contributed by atoms with van der Waals surface area (Å²) in [4.78, 5) is 0. The van der Waals surface area contributed by atoms with Gasteiger partial charge >= 0.3 is 0 Å². The molecule has 12 heavy (non-hydrogen) atoms. The Labute approximate surface area is 77.1 Å². The Morgan fingerprint density at radius 1 is 1.42 bits per heavy atom. The molecule has 3 unspecified atom stereocenters. The zero-order valence-corrected chi connectivity index (χ0v) is 8.93. The summed E-state index contributed by atoms with van der Waals surface area (Å²) >= 11 is 0. The Balaban J connectivity index is 2.57. The fourth-order valence-electron chi connectivity index (χ4n) is 1.89. The van der Waals surface area contributed by atoms with Crippen LogP contribution in [0.15, 0.2) is 11.6 Å². The molecule has 0 saturated carbocycles. The van der Waals surface area contributed by atoms with Crippen molar-refractivity contribution < 1.29 is 0 Å². The van der Waals surface area contributed by atoms with E-state index in [0.717, 1.165) is 17.8 Å². The maximum absolute atomic E-state index is 2.48. The summed E-state index contributed by atoms with van der Waals surface area (Å²) in [6, 6.07) is 0. The zero-order chi connectivity index (χ0) is 9.14. The molecule has 0 bridgehead atoms. The number of hydrogen-bond acceptors (Lipinski definition) is 0. The van der Waals surface area contributed by atoms with Crippen LogP contribution < -0.4 is 0 Å². The molecule has 0 amide bonds. The number of allylic oxidation sites excluding steroid dienone is 2. The van der Waals surface area contributed by atoms with Crippen molar-refractivity contribution in [2.24, 2.45) is 17.8 Å². The normalized spacial score (nSPS) is 32.8. The van der Waals surface area contributed by atoms with Crippen molar-refractivity contribution in [3.05, 3.63) is 11.6 Å². The van der Waals surface area contributed by atoms with Crippen LogP contribution in [0.1, 0.15) is 47.0 Å². The Bertz CT molecular complexity index is 167. The second kappa shape index (κ2) is 4.11. The van der Waals surface area contributed by atoms with Crippen LogP contribution in [0.3, 0.4) is 0 Å². The first-order valence-electron chi connectivity index (χ1n) is 5.34. The molecule has 0 fully saturated rings. The van der Waals surface area contributed by atoms with Crippen molar-refractivity contribution in [2.45, 2.75) is 47.0 Å². The van der Waals surface area contributed by atoms with Crippen molar-refractivity contribution >= 4 is 0 Å². The van der Waals surface area contributed by atoms with Crippen molar-refractivity contribution in [2.75, 3.05) is 0 Å². The quantitative estimate of drug-likeness (QED) is 0.543. The predicted octanol–water partition coefficient (Wildman–Crippen LogP) is 4.02. The third-order valence-corrected chi connectivity index (χ3v) is 3.53. The molecule has 0 N–H and O–H groups in total. The Kier molecular flexibility index (Phi) is 3.37. The molecule has 1 aliphatic carbocycles. The molecule has 0 heterocycles. The summed E-state index contributed by atoms with van der Waals surface area (Å²) in [6.45, 7) is 9.40. The molecule has 0 aromatic carbocycles. The monoisotopic (exact) mass is 166 g/mol. The van der Waals surface area contributed by atoms with Crippen molar-refractivity contribution in [3.8, 4) is 0 Å². The SMILES string of the molecule is CCC(C)C1=CCC(C)C(C)C1. The lowest BCUT2D eigenvalue weighted by molar-refractivity contribution is 0.352. The highest BCUT2D eigenvalue weighted by Gasteiger charge is 2.20. The smallest absolute Gasteiger partial charge is 0.0234 e. The summed E-state index contributed by atoms with van der Waals surface area (Å²) in [5.41, 5.74) is 1.71. The summed E-state index contributed by atoms with van der Waals surface area (Å²) in [7, 11) is 0. The minimum absolute atomic E-state index is 0.819. The van der Waals surface area contributed by atoms with Crippen LogP contribution in [0.4, 0.5) is 0 Å². The van der Waals surface area contributed by atoms with Gasteiger partial charge in [0.2, 0.25) is 0 Å². The molecule has 1 aliphatic rings. The molecule has 0 nitrogen and oxygen atoms in total. The molecule has 0 spiro atoms. The average molecular weight is 166 g/mol. The lowest BCUT2D eigenvalue weighted by Crippen LogP contribution is -2.15. The van der Waals surface area contributed by atoms with Crippen LogP contribution in [-0.4, -0.2) is 0 Å². The van der Waals surface area contributed by atoms with Gasteiger partial charge in [0, 0.05) is 0 Å². The lowest BCUT2D eigenvalue weighted by Gasteiger charge is -2.28. The predicted molar refractivity (Wildman–Crippen MR) is 55.1 cm³/mol. The van der Waals surface area contributed by atoms with E-state index in [-0.39, 0.29) is 0 Å². The van der Waals surface area contributed by atoms with Gasteiger partial charge in [-0.25, -0.2) is 0 Å². The molecule has 3 atom stereocenters.